The largest absolute Gasteiger partial charge is 0.356 e. The third-order valence-electron chi connectivity index (χ3n) is 2.19. The van der Waals surface area contributed by atoms with Crippen molar-refractivity contribution in [1.82, 2.24) is 10.6 Å². The van der Waals surface area contributed by atoms with E-state index < -0.39 is 0 Å². The van der Waals surface area contributed by atoms with E-state index in [1.54, 1.807) is 0 Å². The molecule has 4 heteroatoms. The predicted molar refractivity (Wildman–Crippen MR) is 69.5 cm³/mol. The van der Waals surface area contributed by atoms with Gasteiger partial charge in [-0.3, -0.25) is 9.59 Å². The molecular weight excluding hydrogens is 216 g/mol. The molecule has 0 aliphatic carbocycles. The second-order valence-electron chi connectivity index (χ2n) is 5.25. The molecule has 0 saturated heterocycles. The maximum atomic E-state index is 11.3. The summed E-state index contributed by atoms with van der Waals surface area (Å²) in [6.07, 6.45) is 1.92. The quantitative estimate of drug-likeness (QED) is 0.636. The number of nitrogens with one attached hydrogen (secondary N) is 2. The maximum absolute atomic E-state index is 11.3. The number of carbonyl (C=O) groups is 2. The minimum Gasteiger partial charge on any atom is -0.356 e. The van der Waals surface area contributed by atoms with Gasteiger partial charge in [0.25, 0.3) is 0 Å². The van der Waals surface area contributed by atoms with Crippen molar-refractivity contribution in [3.8, 4) is 0 Å². The van der Waals surface area contributed by atoms with Crippen LogP contribution in [0.2, 0.25) is 0 Å². The van der Waals surface area contributed by atoms with E-state index in [1.807, 2.05) is 27.7 Å². The van der Waals surface area contributed by atoms with Crippen LogP contribution in [0, 0.1) is 11.8 Å². The van der Waals surface area contributed by atoms with Crippen LogP contribution in [0.1, 0.15) is 47.0 Å². The smallest absolute Gasteiger partial charge is 0.220 e. The molecule has 0 radical (unpaired) electrons. The summed E-state index contributed by atoms with van der Waals surface area (Å²) >= 11 is 0. The van der Waals surface area contributed by atoms with E-state index in [0.29, 0.717) is 37.8 Å². The Morgan fingerprint density at radius 3 is 1.47 bits per heavy atom. The third-order valence-corrected chi connectivity index (χ3v) is 2.19. The molecule has 2 amide bonds. The first-order valence-electron chi connectivity index (χ1n) is 6.45. The van der Waals surface area contributed by atoms with Crippen molar-refractivity contribution >= 4 is 11.8 Å². The molecule has 100 valence electrons. The first-order valence-corrected chi connectivity index (χ1v) is 6.45. The van der Waals surface area contributed by atoms with Gasteiger partial charge >= 0.3 is 0 Å². The SMILES string of the molecule is CC(C)CC(=O)NCCCNC(=O)CC(C)C. The molecule has 17 heavy (non-hydrogen) atoms. The van der Waals surface area contributed by atoms with E-state index in [4.69, 9.17) is 0 Å². The van der Waals surface area contributed by atoms with E-state index in [0.717, 1.165) is 6.42 Å². The standard InChI is InChI=1S/C13H26N2O2/c1-10(2)8-12(16)14-6-5-7-15-13(17)9-11(3)4/h10-11H,5-9H2,1-4H3,(H,14,16)(H,15,17). The van der Waals surface area contributed by atoms with Gasteiger partial charge in [0.05, 0.1) is 0 Å². The summed E-state index contributed by atoms with van der Waals surface area (Å²) < 4.78 is 0. The van der Waals surface area contributed by atoms with Gasteiger partial charge in [-0.1, -0.05) is 27.7 Å². The van der Waals surface area contributed by atoms with Crippen molar-refractivity contribution in [1.29, 1.82) is 0 Å². The van der Waals surface area contributed by atoms with Crippen molar-refractivity contribution < 1.29 is 9.59 Å². The van der Waals surface area contributed by atoms with E-state index >= 15 is 0 Å². The lowest BCUT2D eigenvalue weighted by Gasteiger charge is -2.08. The monoisotopic (exact) mass is 242 g/mol. The van der Waals surface area contributed by atoms with Crippen molar-refractivity contribution in [2.24, 2.45) is 11.8 Å². The molecule has 2 N–H and O–H groups in total. The fourth-order valence-electron chi connectivity index (χ4n) is 1.43. The Kier molecular flexibility index (Phi) is 8.46. The van der Waals surface area contributed by atoms with E-state index in [9.17, 15) is 9.59 Å². The Morgan fingerprint density at radius 2 is 1.18 bits per heavy atom. The van der Waals surface area contributed by atoms with Crippen molar-refractivity contribution in [2.75, 3.05) is 13.1 Å². The van der Waals surface area contributed by atoms with Crippen LogP contribution in [0.25, 0.3) is 0 Å². The van der Waals surface area contributed by atoms with Crippen LogP contribution < -0.4 is 10.6 Å². The van der Waals surface area contributed by atoms with Crippen molar-refractivity contribution in [3.63, 3.8) is 0 Å². The Bertz CT molecular complexity index is 214. The van der Waals surface area contributed by atoms with Gasteiger partial charge in [0.15, 0.2) is 0 Å². The highest BCUT2D eigenvalue weighted by Crippen LogP contribution is 1.98. The molecule has 0 spiro atoms. The molecule has 0 bridgehead atoms. The molecule has 0 aromatic carbocycles. The van der Waals surface area contributed by atoms with Gasteiger partial charge in [0, 0.05) is 25.9 Å². The molecule has 0 unspecified atom stereocenters. The number of hydrogen-bond donors (Lipinski definition) is 2. The molecule has 0 atom stereocenters. The topological polar surface area (TPSA) is 58.2 Å². The molecule has 4 nitrogen and oxygen atoms in total. The van der Waals surface area contributed by atoms with E-state index in [-0.39, 0.29) is 11.8 Å². The number of amides is 2. The fraction of sp³-hybridized carbons (Fsp3) is 0.846. The lowest BCUT2D eigenvalue weighted by molar-refractivity contribution is -0.122. The Hall–Kier alpha value is -1.06. The van der Waals surface area contributed by atoms with Gasteiger partial charge in [-0.15, -0.1) is 0 Å². The summed E-state index contributed by atoms with van der Waals surface area (Å²) in [6, 6.07) is 0. The summed E-state index contributed by atoms with van der Waals surface area (Å²) in [5.74, 6) is 0.962. The van der Waals surface area contributed by atoms with Gasteiger partial charge in [-0.2, -0.15) is 0 Å². The van der Waals surface area contributed by atoms with Crippen LogP contribution in [0.3, 0.4) is 0 Å². The molecule has 0 aromatic rings. The third kappa shape index (κ3) is 11.2. The molecule has 0 aliphatic heterocycles. The zero-order valence-corrected chi connectivity index (χ0v) is 11.5. The van der Waals surface area contributed by atoms with Crippen LogP contribution in [-0.2, 0) is 9.59 Å². The van der Waals surface area contributed by atoms with Gasteiger partial charge in [0.1, 0.15) is 0 Å². The molecule has 0 rings (SSSR count). The first kappa shape index (κ1) is 15.9. The Balaban J connectivity index is 3.40. The van der Waals surface area contributed by atoms with Crippen LogP contribution in [0.5, 0.6) is 0 Å². The number of carbonyl (C=O) groups excluding carboxylic acids is 2. The second kappa shape index (κ2) is 9.02. The molecule has 0 heterocycles. The van der Waals surface area contributed by atoms with Crippen LogP contribution in [0.4, 0.5) is 0 Å². The van der Waals surface area contributed by atoms with Gasteiger partial charge in [-0.25, -0.2) is 0 Å². The van der Waals surface area contributed by atoms with E-state index in [1.165, 1.54) is 0 Å². The van der Waals surface area contributed by atoms with Crippen LogP contribution in [0.15, 0.2) is 0 Å². The summed E-state index contributed by atoms with van der Waals surface area (Å²) in [4.78, 5) is 22.6. The minimum atomic E-state index is 0.0912. The molecule has 0 saturated carbocycles. The average molecular weight is 242 g/mol. The second-order valence-corrected chi connectivity index (χ2v) is 5.25. The van der Waals surface area contributed by atoms with Gasteiger partial charge in [-0.05, 0) is 18.3 Å². The van der Waals surface area contributed by atoms with Crippen molar-refractivity contribution in [3.05, 3.63) is 0 Å². The first-order chi connectivity index (χ1) is 7.91. The summed E-state index contributed by atoms with van der Waals surface area (Å²) in [7, 11) is 0. The molecule has 0 aliphatic rings. The highest BCUT2D eigenvalue weighted by atomic mass is 16.2. The number of rotatable bonds is 8. The Morgan fingerprint density at radius 1 is 0.824 bits per heavy atom. The fourth-order valence-corrected chi connectivity index (χ4v) is 1.43. The lowest BCUT2D eigenvalue weighted by Crippen LogP contribution is -2.30. The van der Waals surface area contributed by atoms with Gasteiger partial charge < -0.3 is 10.6 Å². The molecular formula is C13H26N2O2. The predicted octanol–water partition coefficient (Wildman–Crippen LogP) is 1.70. The molecule has 0 fully saturated rings. The van der Waals surface area contributed by atoms with E-state index in [2.05, 4.69) is 10.6 Å². The highest BCUT2D eigenvalue weighted by molar-refractivity contribution is 5.76. The summed E-state index contributed by atoms with van der Waals surface area (Å²) in [5, 5.41) is 5.68. The highest BCUT2D eigenvalue weighted by Gasteiger charge is 2.05. The Labute approximate surface area is 105 Å². The zero-order valence-electron chi connectivity index (χ0n) is 11.5. The lowest BCUT2D eigenvalue weighted by atomic mass is 10.1. The summed E-state index contributed by atoms with van der Waals surface area (Å²) in [6.45, 7) is 9.34. The van der Waals surface area contributed by atoms with Gasteiger partial charge in [0.2, 0.25) is 11.8 Å². The molecule has 0 aromatic heterocycles. The zero-order chi connectivity index (χ0) is 13.3. The summed E-state index contributed by atoms with van der Waals surface area (Å²) in [5.41, 5.74) is 0. The maximum Gasteiger partial charge on any atom is 0.220 e. The number of hydrogen-bond acceptors (Lipinski definition) is 2. The van der Waals surface area contributed by atoms with Crippen molar-refractivity contribution in [2.45, 2.75) is 47.0 Å². The van der Waals surface area contributed by atoms with Crippen LogP contribution in [-0.4, -0.2) is 24.9 Å². The minimum absolute atomic E-state index is 0.0912. The van der Waals surface area contributed by atoms with Crippen LogP contribution >= 0.6 is 0 Å². The normalized spacial score (nSPS) is 10.7. The average Bonchev–Trinajstić information content (AvgIpc) is 2.14.